The van der Waals surface area contributed by atoms with Crippen LogP contribution >= 0.6 is 11.6 Å². The van der Waals surface area contributed by atoms with E-state index in [4.69, 9.17) is 22.0 Å². The molecule has 1 N–H and O–H groups in total. The zero-order valence-corrected chi connectivity index (χ0v) is 8.93. The number of halogens is 4. The Morgan fingerprint density at radius 2 is 2.06 bits per heavy atom. The third kappa shape index (κ3) is 3.11. The van der Waals surface area contributed by atoms with Gasteiger partial charge in [0.1, 0.15) is 0 Å². The van der Waals surface area contributed by atoms with Crippen molar-refractivity contribution < 1.29 is 23.1 Å². The van der Waals surface area contributed by atoms with Crippen LogP contribution in [0.5, 0.6) is 0 Å². The zero-order valence-electron chi connectivity index (χ0n) is 8.18. The molecule has 1 aromatic carbocycles. The van der Waals surface area contributed by atoms with E-state index in [1.54, 1.807) is 0 Å². The van der Waals surface area contributed by atoms with Crippen molar-refractivity contribution in [3.8, 4) is 6.07 Å². The van der Waals surface area contributed by atoms with Gasteiger partial charge in [0.05, 0.1) is 23.6 Å². The lowest BCUT2D eigenvalue weighted by Gasteiger charge is -2.11. The summed E-state index contributed by atoms with van der Waals surface area (Å²) in [5.74, 6) is -1.24. The Balaban J connectivity index is 3.36. The fourth-order valence-electron chi connectivity index (χ4n) is 1.24. The largest absolute Gasteiger partial charge is 0.481 e. The van der Waals surface area contributed by atoms with Crippen LogP contribution in [0, 0.1) is 11.3 Å². The summed E-state index contributed by atoms with van der Waals surface area (Å²) in [4.78, 5) is 10.4. The maximum absolute atomic E-state index is 12.5. The molecule has 0 aliphatic rings. The van der Waals surface area contributed by atoms with E-state index in [0.29, 0.717) is 6.07 Å². The molecule has 1 rings (SSSR count). The second kappa shape index (κ2) is 4.63. The molecule has 0 saturated carbocycles. The second-order valence-corrected chi connectivity index (χ2v) is 3.58. The Hall–Kier alpha value is -1.74. The van der Waals surface area contributed by atoms with Gasteiger partial charge in [0, 0.05) is 5.02 Å². The first-order chi connectivity index (χ1) is 7.75. The Kier molecular flexibility index (Phi) is 3.63. The number of carboxylic acids is 1. The molecule has 0 radical (unpaired) electrons. The van der Waals surface area contributed by atoms with Gasteiger partial charge < -0.3 is 5.11 Å². The Labute approximate surface area is 99.0 Å². The van der Waals surface area contributed by atoms with Gasteiger partial charge in [-0.25, -0.2) is 0 Å². The number of alkyl halides is 3. The number of hydrogen-bond donors (Lipinski definition) is 1. The standard InChI is InChI=1S/C10H5ClF3NO2/c11-8-3-7(10(12,13)14)6(4-15)1-5(8)2-9(16)17/h1,3H,2H2,(H,16,17). The molecule has 0 spiro atoms. The minimum atomic E-state index is -4.70. The van der Waals surface area contributed by atoms with Gasteiger partial charge in [0.25, 0.3) is 0 Å². The van der Waals surface area contributed by atoms with Gasteiger partial charge in [-0.3, -0.25) is 4.79 Å². The van der Waals surface area contributed by atoms with E-state index in [0.717, 1.165) is 6.07 Å². The molecule has 0 saturated heterocycles. The van der Waals surface area contributed by atoms with Crippen LogP contribution in [0.2, 0.25) is 5.02 Å². The summed E-state index contributed by atoms with van der Waals surface area (Å²) >= 11 is 5.54. The molecule has 0 aromatic heterocycles. The third-order valence-corrected chi connectivity index (χ3v) is 2.31. The molecule has 0 fully saturated rings. The quantitative estimate of drug-likeness (QED) is 0.892. The van der Waals surface area contributed by atoms with Crippen LogP contribution in [-0.4, -0.2) is 11.1 Å². The third-order valence-electron chi connectivity index (χ3n) is 1.95. The Morgan fingerprint density at radius 1 is 1.47 bits per heavy atom. The van der Waals surface area contributed by atoms with Gasteiger partial charge in [-0.2, -0.15) is 18.4 Å². The number of carboxylic acid groups (broad SMARTS) is 1. The van der Waals surface area contributed by atoms with E-state index in [-0.39, 0.29) is 10.6 Å². The lowest BCUT2D eigenvalue weighted by molar-refractivity contribution is -0.137. The van der Waals surface area contributed by atoms with Crippen molar-refractivity contribution in [3.05, 3.63) is 33.8 Å². The van der Waals surface area contributed by atoms with Crippen molar-refractivity contribution in [1.82, 2.24) is 0 Å². The number of rotatable bonds is 2. The normalized spacial score (nSPS) is 11.0. The molecule has 0 bridgehead atoms. The molecule has 17 heavy (non-hydrogen) atoms. The molecule has 0 heterocycles. The number of benzene rings is 1. The van der Waals surface area contributed by atoms with Gasteiger partial charge >= 0.3 is 12.1 Å². The van der Waals surface area contributed by atoms with Crippen LogP contribution in [0.3, 0.4) is 0 Å². The number of nitrogens with zero attached hydrogens (tertiary/aromatic N) is 1. The van der Waals surface area contributed by atoms with Crippen molar-refractivity contribution in [1.29, 1.82) is 5.26 Å². The lowest BCUT2D eigenvalue weighted by atomic mass is 10.0. The summed E-state index contributed by atoms with van der Waals surface area (Å²) in [7, 11) is 0. The van der Waals surface area contributed by atoms with Crippen molar-refractivity contribution in [2.45, 2.75) is 12.6 Å². The average Bonchev–Trinajstić information content (AvgIpc) is 2.18. The summed E-state index contributed by atoms with van der Waals surface area (Å²) < 4.78 is 37.5. The smallest absolute Gasteiger partial charge is 0.417 e. The maximum atomic E-state index is 12.5. The zero-order chi connectivity index (χ0) is 13.2. The number of nitriles is 1. The van der Waals surface area contributed by atoms with E-state index in [9.17, 15) is 18.0 Å². The molecule has 0 aliphatic heterocycles. The number of hydrogen-bond acceptors (Lipinski definition) is 2. The van der Waals surface area contributed by atoms with E-state index >= 15 is 0 Å². The molecule has 0 amide bonds. The first-order valence-electron chi connectivity index (χ1n) is 4.27. The van der Waals surface area contributed by atoms with Crippen molar-refractivity contribution in [2.75, 3.05) is 0 Å². The molecular weight excluding hydrogens is 259 g/mol. The Bertz CT molecular complexity index is 505. The van der Waals surface area contributed by atoms with Gasteiger partial charge in [-0.15, -0.1) is 0 Å². The van der Waals surface area contributed by atoms with Crippen molar-refractivity contribution in [3.63, 3.8) is 0 Å². The summed E-state index contributed by atoms with van der Waals surface area (Å²) in [6.45, 7) is 0. The molecular formula is C10H5ClF3NO2. The lowest BCUT2D eigenvalue weighted by Crippen LogP contribution is -2.10. The van der Waals surface area contributed by atoms with E-state index in [2.05, 4.69) is 0 Å². The van der Waals surface area contributed by atoms with Gasteiger partial charge in [0.15, 0.2) is 0 Å². The highest BCUT2D eigenvalue weighted by atomic mass is 35.5. The molecule has 0 atom stereocenters. The van der Waals surface area contributed by atoms with Crippen molar-refractivity contribution in [2.24, 2.45) is 0 Å². The van der Waals surface area contributed by atoms with E-state index < -0.39 is 29.7 Å². The van der Waals surface area contributed by atoms with Crippen LogP contribution in [-0.2, 0) is 17.4 Å². The van der Waals surface area contributed by atoms with Crippen LogP contribution in [0.15, 0.2) is 12.1 Å². The highest BCUT2D eigenvalue weighted by Crippen LogP contribution is 2.35. The van der Waals surface area contributed by atoms with E-state index in [1.807, 2.05) is 0 Å². The minimum absolute atomic E-state index is 0.0243. The number of aliphatic carboxylic acids is 1. The highest BCUT2D eigenvalue weighted by molar-refractivity contribution is 6.31. The van der Waals surface area contributed by atoms with Gasteiger partial charge in [-0.05, 0) is 17.7 Å². The fourth-order valence-corrected chi connectivity index (χ4v) is 1.47. The molecule has 0 unspecified atom stereocenters. The predicted molar refractivity (Wildman–Crippen MR) is 52.5 cm³/mol. The molecule has 1 aromatic rings. The molecule has 0 aliphatic carbocycles. The molecule has 90 valence electrons. The van der Waals surface area contributed by atoms with Gasteiger partial charge in [-0.1, -0.05) is 11.6 Å². The van der Waals surface area contributed by atoms with Crippen molar-refractivity contribution >= 4 is 17.6 Å². The first-order valence-corrected chi connectivity index (χ1v) is 4.65. The molecule has 3 nitrogen and oxygen atoms in total. The van der Waals surface area contributed by atoms with E-state index in [1.165, 1.54) is 6.07 Å². The van der Waals surface area contributed by atoms with Crippen LogP contribution in [0.4, 0.5) is 13.2 Å². The molecule has 7 heteroatoms. The fraction of sp³-hybridized carbons (Fsp3) is 0.200. The van der Waals surface area contributed by atoms with Crippen LogP contribution in [0.25, 0.3) is 0 Å². The van der Waals surface area contributed by atoms with Gasteiger partial charge in [0.2, 0.25) is 0 Å². The highest BCUT2D eigenvalue weighted by Gasteiger charge is 2.34. The summed E-state index contributed by atoms with van der Waals surface area (Å²) in [6, 6.07) is 2.79. The monoisotopic (exact) mass is 263 g/mol. The van der Waals surface area contributed by atoms with Crippen LogP contribution < -0.4 is 0 Å². The second-order valence-electron chi connectivity index (χ2n) is 3.17. The SMILES string of the molecule is N#Cc1cc(CC(=O)O)c(Cl)cc1C(F)(F)F. The first kappa shape index (κ1) is 13.3. The van der Waals surface area contributed by atoms with Crippen LogP contribution in [0.1, 0.15) is 16.7 Å². The summed E-state index contributed by atoms with van der Waals surface area (Å²) in [5, 5.41) is 16.8. The summed E-state index contributed by atoms with van der Waals surface area (Å²) in [5.41, 5.74) is -1.83. The average molecular weight is 264 g/mol. The predicted octanol–water partition coefficient (Wildman–Crippen LogP) is 2.86. The topological polar surface area (TPSA) is 61.1 Å². The minimum Gasteiger partial charge on any atom is -0.481 e. The number of carbonyl (C=O) groups is 1. The summed E-state index contributed by atoms with van der Waals surface area (Å²) in [6.07, 6.45) is -5.23. The maximum Gasteiger partial charge on any atom is 0.417 e. The Morgan fingerprint density at radius 3 is 2.47 bits per heavy atom.